The van der Waals surface area contributed by atoms with Crippen molar-refractivity contribution in [1.29, 1.82) is 0 Å². The lowest BCUT2D eigenvalue weighted by molar-refractivity contribution is 0.782. The Bertz CT molecular complexity index is 618. The van der Waals surface area contributed by atoms with Crippen molar-refractivity contribution in [2.75, 3.05) is 5.73 Å². The molecule has 0 fully saturated rings. The fourth-order valence-corrected chi connectivity index (χ4v) is 2.94. The Balaban J connectivity index is 2.22. The van der Waals surface area contributed by atoms with E-state index in [2.05, 4.69) is 35.4 Å². The van der Waals surface area contributed by atoms with Crippen LogP contribution in [-0.2, 0) is 7.05 Å². The van der Waals surface area contributed by atoms with Crippen LogP contribution >= 0.6 is 11.3 Å². The number of fused-ring (bicyclic) bond motifs is 1. The van der Waals surface area contributed by atoms with E-state index in [1.807, 2.05) is 17.8 Å². The van der Waals surface area contributed by atoms with Crippen LogP contribution in [0.15, 0.2) is 36.4 Å². The summed E-state index contributed by atoms with van der Waals surface area (Å²) in [5.74, 6) is 0.565. The smallest absolute Gasteiger partial charge is 0.146 e. The maximum atomic E-state index is 5.68. The lowest BCUT2D eigenvalue weighted by Crippen LogP contribution is -1.93. The molecule has 0 atom stereocenters. The summed E-state index contributed by atoms with van der Waals surface area (Å²) in [6.07, 6.45) is 0. The molecular formula is C12H11N3S. The van der Waals surface area contributed by atoms with Crippen LogP contribution < -0.4 is 5.73 Å². The highest BCUT2D eigenvalue weighted by Crippen LogP contribution is 2.33. The van der Waals surface area contributed by atoms with Gasteiger partial charge in [0.1, 0.15) is 5.82 Å². The molecule has 0 aliphatic carbocycles. The van der Waals surface area contributed by atoms with Gasteiger partial charge in [0.2, 0.25) is 0 Å². The molecule has 16 heavy (non-hydrogen) atoms. The molecule has 3 rings (SSSR count). The number of nitrogens with two attached hydrogens (primary N) is 1. The van der Waals surface area contributed by atoms with Crippen molar-refractivity contribution in [2.45, 2.75) is 0 Å². The number of nitrogens with zero attached hydrogens (tertiary/aromatic N) is 2. The first-order valence-electron chi connectivity index (χ1n) is 5.02. The minimum absolute atomic E-state index is 0.565. The van der Waals surface area contributed by atoms with Gasteiger partial charge in [0.25, 0.3) is 0 Å². The van der Waals surface area contributed by atoms with Gasteiger partial charge in [0.05, 0.1) is 10.6 Å². The zero-order valence-electron chi connectivity index (χ0n) is 8.84. The minimum Gasteiger partial charge on any atom is -0.382 e. The van der Waals surface area contributed by atoms with E-state index < -0.39 is 0 Å². The lowest BCUT2D eigenvalue weighted by atomic mass is 10.2. The third kappa shape index (κ3) is 1.39. The number of anilines is 1. The number of aromatic nitrogens is 2. The van der Waals surface area contributed by atoms with Gasteiger partial charge in [0, 0.05) is 17.8 Å². The second kappa shape index (κ2) is 3.35. The van der Waals surface area contributed by atoms with E-state index in [0.29, 0.717) is 5.82 Å². The largest absolute Gasteiger partial charge is 0.382 e. The van der Waals surface area contributed by atoms with E-state index >= 15 is 0 Å². The highest BCUT2D eigenvalue weighted by atomic mass is 32.1. The normalized spacial score (nSPS) is 11.1. The summed E-state index contributed by atoms with van der Waals surface area (Å²) < 4.78 is 3.11. The molecule has 2 heterocycles. The summed E-state index contributed by atoms with van der Waals surface area (Å²) in [4.78, 5) is 1.20. The predicted octanol–water partition coefficient (Wildman–Crippen LogP) is 2.88. The SMILES string of the molecule is Cn1nc(N)cc1-c1cc2ccccc2s1. The van der Waals surface area contributed by atoms with Crippen LogP contribution in [0, 0.1) is 0 Å². The van der Waals surface area contributed by atoms with Gasteiger partial charge in [-0.3, -0.25) is 4.68 Å². The first kappa shape index (κ1) is 9.42. The van der Waals surface area contributed by atoms with Gasteiger partial charge in [-0.25, -0.2) is 0 Å². The third-order valence-electron chi connectivity index (χ3n) is 2.58. The van der Waals surface area contributed by atoms with E-state index in [4.69, 9.17) is 5.73 Å². The molecule has 0 saturated carbocycles. The Labute approximate surface area is 97.1 Å². The summed E-state index contributed by atoms with van der Waals surface area (Å²) in [6.45, 7) is 0. The lowest BCUT2D eigenvalue weighted by Gasteiger charge is -1.95. The Kier molecular flexibility index (Phi) is 1.97. The fraction of sp³-hybridized carbons (Fsp3) is 0.0833. The van der Waals surface area contributed by atoms with E-state index in [1.165, 1.54) is 15.0 Å². The highest BCUT2D eigenvalue weighted by molar-refractivity contribution is 7.22. The quantitative estimate of drug-likeness (QED) is 0.697. The number of nitrogen functional groups attached to an aromatic ring is 1. The average molecular weight is 229 g/mol. The molecule has 0 amide bonds. The molecule has 0 aliphatic rings. The molecule has 0 spiro atoms. The average Bonchev–Trinajstić information content (AvgIpc) is 2.81. The fourth-order valence-electron chi connectivity index (χ4n) is 1.83. The molecule has 3 aromatic rings. The van der Waals surface area contributed by atoms with Crippen LogP contribution in [0.25, 0.3) is 20.7 Å². The molecule has 0 bridgehead atoms. The van der Waals surface area contributed by atoms with Crippen molar-refractivity contribution in [3.05, 3.63) is 36.4 Å². The molecule has 2 N–H and O–H groups in total. The second-order valence-corrected chi connectivity index (χ2v) is 4.81. The van der Waals surface area contributed by atoms with E-state index in [1.54, 1.807) is 11.3 Å². The van der Waals surface area contributed by atoms with Gasteiger partial charge in [-0.2, -0.15) is 5.10 Å². The summed E-state index contributed by atoms with van der Waals surface area (Å²) in [7, 11) is 1.91. The molecule has 1 aromatic carbocycles. The van der Waals surface area contributed by atoms with Gasteiger partial charge < -0.3 is 5.73 Å². The van der Waals surface area contributed by atoms with Gasteiger partial charge in [0.15, 0.2) is 0 Å². The molecule has 80 valence electrons. The second-order valence-electron chi connectivity index (χ2n) is 3.73. The van der Waals surface area contributed by atoms with Crippen LogP contribution in [0.3, 0.4) is 0 Å². The monoisotopic (exact) mass is 229 g/mol. The molecule has 0 aliphatic heterocycles. The molecule has 0 saturated heterocycles. The zero-order valence-corrected chi connectivity index (χ0v) is 9.66. The third-order valence-corrected chi connectivity index (χ3v) is 3.72. The van der Waals surface area contributed by atoms with Gasteiger partial charge in [-0.05, 0) is 17.5 Å². The van der Waals surface area contributed by atoms with E-state index in [-0.39, 0.29) is 0 Å². The van der Waals surface area contributed by atoms with Crippen molar-refractivity contribution >= 4 is 27.2 Å². The van der Waals surface area contributed by atoms with Crippen molar-refractivity contribution in [2.24, 2.45) is 7.05 Å². The summed E-state index contributed by atoms with van der Waals surface area (Å²) in [5.41, 5.74) is 6.75. The first-order chi connectivity index (χ1) is 7.74. The molecule has 4 heteroatoms. The van der Waals surface area contributed by atoms with Crippen molar-refractivity contribution in [1.82, 2.24) is 9.78 Å². The predicted molar refractivity (Wildman–Crippen MR) is 68.4 cm³/mol. The minimum atomic E-state index is 0.565. The van der Waals surface area contributed by atoms with Crippen molar-refractivity contribution < 1.29 is 0 Å². The van der Waals surface area contributed by atoms with Crippen LogP contribution in [0.4, 0.5) is 5.82 Å². The summed E-state index contributed by atoms with van der Waals surface area (Å²) in [6, 6.07) is 12.4. The number of aryl methyl sites for hydroxylation is 1. The highest BCUT2D eigenvalue weighted by Gasteiger charge is 2.08. The molecule has 3 nitrogen and oxygen atoms in total. The Morgan fingerprint density at radius 1 is 1.25 bits per heavy atom. The van der Waals surface area contributed by atoms with E-state index in [0.717, 1.165) is 5.69 Å². The number of thiophene rings is 1. The number of hydrogen-bond donors (Lipinski definition) is 1. The zero-order chi connectivity index (χ0) is 11.1. The van der Waals surface area contributed by atoms with Crippen molar-refractivity contribution in [3.63, 3.8) is 0 Å². The molecule has 0 radical (unpaired) electrons. The topological polar surface area (TPSA) is 43.8 Å². The van der Waals surface area contributed by atoms with Crippen LogP contribution in [0.1, 0.15) is 0 Å². The first-order valence-corrected chi connectivity index (χ1v) is 5.84. The van der Waals surface area contributed by atoms with Crippen LogP contribution in [0.5, 0.6) is 0 Å². The number of rotatable bonds is 1. The van der Waals surface area contributed by atoms with Crippen LogP contribution in [-0.4, -0.2) is 9.78 Å². The summed E-state index contributed by atoms with van der Waals surface area (Å²) >= 11 is 1.76. The maximum Gasteiger partial charge on any atom is 0.146 e. The van der Waals surface area contributed by atoms with Gasteiger partial charge >= 0.3 is 0 Å². The standard InChI is InChI=1S/C12H11N3S/c1-15-9(7-12(13)14-15)11-6-8-4-2-3-5-10(8)16-11/h2-7H,1H3,(H2,13,14). The molecular weight excluding hydrogens is 218 g/mol. The Morgan fingerprint density at radius 2 is 2.06 bits per heavy atom. The Morgan fingerprint density at radius 3 is 2.75 bits per heavy atom. The van der Waals surface area contributed by atoms with Gasteiger partial charge in [-0.15, -0.1) is 11.3 Å². The van der Waals surface area contributed by atoms with Crippen LogP contribution in [0.2, 0.25) is 0 Å². The van der Waals surface area contributed by atoms with Gasteiger partial charge in [-0.1, -0.05) is 18.2 Å². The number of benzene rings is 1. The molecule has 2 aromatic heterocycles. The number of hydrogen-bond acceptors (Lipinski definition) is 3. The Hall–Kier alpha value is -1.81. The van der Waals surface area contributed by atoms with Crippen molar-refractivity contribution in [3.8, 4) is 10.6 Å². The van der Waals surface area contributed by atoms with E-state index in [9.17, 15) is 0 Å². The maximum absolute atomic E-state index is 5.68. The summed E-state index contributed by atoms with van der Waals surface area (Å²) in [5, 5.41) is 5.42. The molecule has 0 unspecified atom stereocenters.